The third-order valence-electron chi connectivity index (χ3n) is 2.05. The van der Waals surface area contributed by atoms with E-state index in [9.17, 15) is 0 Å². The smallest absolute Gasteiger partial charge is 0.00367 e. The Morgan fingerprint density at radius 3 is 2.54 bits per heavy atom. The van der Waals surface area contributed by atoms with Gasteiger partial charge in [0, 0.05) is 0 Å². The highest BCUT2D eigenvalue weighted by Crippen LogP contribution is 2.15. The van der Waals surface area contributed by atoms with Gasteiger partial charge in [0.05, 0.1) is 0 Å². The van der Waals surface area contributed by atoms with Gasteiger partial charge in [0.15, 0.2) is 0 Å². The number of benzene rings is 1. The highest BCUT2D eigenvalue weighted by molar-refractivity contribution is 5.85. The summed E-state index contributed by atoms with van der Waals surface area (Å²) in [6.07, 6.45) is 0.987. The predicted molar refractivity (Wildman–Crippen MR) is 60.5 cm³/mol. The molecule has 1 aromatic rings. The molecule has 0 radical (unpaired) electrons. The van der Waals surface area contributed by atoms with Crippen molar-refractivity contribution in [1.29, 1.82) is 0 Å². The summed E-state index contributed by atoms with van der Waals surface area (Å²) in [5, 5.41) is 0. The molecule has 2 heteroatoms. The maximum Gasteiger partial charge on any atom is -0.00367 e. The Morgan fingerprint density at radius 2 is 2.00 bits per heavy atom. The van der Waals surface area contributed by atoms with E-state index in [0.29, 0.717) is 5.92 Å². The van der Waals surface area contributed by atoms with Gasteiger partial charge < -0.3 is 5.73 Å². The van der Waals surface area contributed by atoms with Crippen molar-refractivity contribution in [3.63, 3.8) is 0 Å². The highest BCUT2D eigenvalue weighted by atomic mass is 35.5. The van der Waals surface area contributed by atoms with Gasteiger partial charge in [-0.1, -0.05) is 38.1 Å². The van der Waals surface area contributed by atoms with Crippen LogP contribution in [0.5, 0.6) is 0 Å². The minimum Gasteiger partial charge on any atom is -0.330 e. The van der Waals surface area contributed by atoms with Gasteiger partial charge >= 0.3 is 0 Å². The van der Waals surface area contributed by atoms with Crippen LogP contribution in [0.15, 0.2) is 24.3 Å². The molecular formula is C11H18ClN. The minimum atomic E-state index is 0. The van der Waals surface area contributed by atoms with E-state index in [1.54, 1.807) is 0 Å². The van der Waals surface area contributed by atoms with E-state index in [1.165, 1.54) is 11.1 Å². The maximum atomic E-state index is 5.49. The minimum absolute atomic E-state index is 0. The van der Waals surface area contributed by atoms with E-state index >= 15 is 0 Å². The van der Waals surface area contributed by atoms with E-state index in [4.69, 9.17) is 5.73 Å². The average molecular weight is 200 g/mol. The SMILES string of the molecule is CC(C)c1cccc(CCN)c1.Cl. The summed E-state index contributed by atoms with van der Waals surface area (Å²) in [5.41, 5.74) is 8.24. The fourth-order valence-electron chi connectivity index (χ4n) is 1.27. The molecule has 74 valence electrons. The third-order valence-corrected chi connectivity index (χ3v) is 2.05. The van der Waals surface area contributed by atoms with Crippen LogP contribution in [0.2, 0.25) is 0 Å². The summed E-state index contributed by atoms with van der Waals surface area (Å²) >= 11 is 0. The number of hydrogen-bond donors (Lipinski definition) is 1. The summed E-state index contributed by atoms with van der Waals surface area (Å²) in [6, 6.07) is 8.67. The van der Waals surface area contributed by atoms with Gasteiger partial charge in [-0.3, -0.25) is 0 Å². The molecule has 0 saturated heterocycles. The van der Waals surface area contributed by atoms with Crippen LogP contribution in [0, 0.1) is 0 Å². The van der Waals surface area contributed by atoms with Crippen LogP contribution in [-0.2, 0) is 6.42 Å². The molecule has 0 unspecified atom stereocenters. The van der Waals surface area contributed by atoms with Crippen molar-refractivity contribution in [2.75, 3.05) is 6.54 Å². The van der Waals surface area contributed by atoms with Crippen molar-refractivity contribution < 1.29 is 0 Å². The highest BCUT2D eigenvalue weighted by Gasteiger charge is 1.98. The topological polar surface area (TPSA) is 26.0 Å². The Hall–Kier alpha value is -0.530. The Morgan fingerprint density at radius 1 is 1.31 bits per heavy atom. The molecule has 0 saturated carbocycles. The molecule has 0 aliphatic carbocycles. The zero-order valence-corrected chi connectivity index (χ0v) is 9.10. The normalized spacial score (nSPS) is 9.85. The van der Waals surface area contributed by atoms with Gasteiger partial charge in [0.25, 0.3) is 0 Å². The molecule has 0 aliphatic heterocycles. The van der Waals surface area contributed by atoms with Crippen LogP contribution in [0.25, 0.3) is 0 Å². The summed E-state index contributed by atoms with van der Waals surface area (Å²) < 4.78 is 0. The maximum absolute atomic E-state index is 5.49. The first-order chi connectivity index (χ1) is 5.74. The van der Waals surface area contributed by atoms with Crippen LogP contribution < -0.4 is 5.73 Å². The second kappa shape index (κ2) is 6.01. The van der Waals surface area contributed by atoms with Crippen LogP contribution in [0.4, 0.5) is 0 Å². The quantitative estimate of drug-likeness (QED) is 0.796. The number of hydrogen-bond acceptors (Lipinski definition) is 1. The molecule has 0 bridgehead atoms. The predicted octanol–water partition coefficient (Wildman–Crippen LogP) is 2.73. The second-order valence-corrected chi connectivity index (χ2v) is 3.44. The lowest BCUT2D eigenvalue weighted by atomic mass is 10.00. The Labute approximate surface area is 86.7 Å². The van der Waals surface area contributed by atoms with Crippen molar-refractivity contribution in [1.82, 2.24) is 0 Å². The summed E-state index contributed by atoms with van der Waals surface area (Å²) in [6.45, 7) is 5.16. The van der Waals surface area contributed by atoms with Crippen molar-refractivity contribution >= 4 is 12.4 Å². The lowest BCUT2D eigenvalue weighted by Crippen LogP contribution is -2.03. The average Bonchev–Trinajstić information content (AvgIpc) is 2.05. The van der Waals surface area contributed by atoms with E-state index in [1.807, 2.05) is 0 Å². The summed E-state index contributed by atoms with van der Waals surface area (Å²) in [7, 11) is 0. The van der Waals surface area contributed by atoms with Gasteiger partial charge in [0.2, 0.25) is 0 Å². The number of rotatable bonds is 3. The van der Waals surface area contributed by atoms with Crippen LogP contribution in [-0.4, -0.2) is 6.54 Å². The summed E-state index contributed by atoms with van der Waals surface area (Å²) in [4.78, 5) is 0. The molecule has 0 spiro atoms. The lowest BCUT2D eigenvalue weighted by Gasteiger charge is -2.06. The van der Waals surface area contributed by atoms with E-state index in [-0.39, 0.29) is 12.4 Å². The molecule has 1 aromatic carbocycles. The first-order valence-corrected chi connectivity index (χ1v) is 4.53. The fourth-order valence-corrected chi connectivity index (χ4v) is 1.27. The first-order valence-electron chi connectivity index (χ1n) is 4.53. The Balaban J connectivity index is 0.00000144. The van der Waals surface area contributed by atoms with Crippen LogP contribution >= 0.6 is 12.4 Å². The zero-order chi connectivity index (χ0) is 8.97. The molecule has 1 nitrogen and oxygen atoms in total. The first kappa shape index (κ1) is 12.5. The largest absolute Gasteiger partial charge is 0.330 e. The van der Waals surface area contributed by atoms with Crippen molar-refractivity contribution in [2.45, 2.75) is 26.2 Å². The van der Waals surface area contributed by atoms with E-state index < -0.39 is 0 Å². The zero-order valence-electron chi connectivity index (χ0n) is 8.29. The number of halogens is 1. The molecule has 0 fully saturated rings. The molecule has 0 amide bonds. The van der Waals surface area contributed by atoms with Gasteiger partial charge in [0.1, 0.15) is 0 Å². The molecule has 0 heterocycles. The van der Waals surface area contributed by atoms with Gasteiger partial charge in [-0.25, -0.2) is 0 Å². The molecule has 2 N–H and O–H groups in total. The summed E-state index contributed by atoms with van der Waals surface area (Å²) in [5.74, 6) is 0.614. The standard InChI is InChI=1S/C11H17N.ClH/c1-9(2)11-5-3-4-10(8-11)6-7-12;/h3-5,8-9H,6-7,12H2,1-2H3;1H. The molecule has 0 atom stereocenters. The second-order valence-electron chi connectivity index (χ2n) is 3.44. The lowest BCUT2D eigenvalue weighted by molar-refractivity contribution is 0.859. The number of nitrogens with two attached hydrogens (primary N) is 1. The van der Waals surface area contributed by atoms with E-state index in [0.717, 1.165) is 13.0 Å². The fraction of sp³-hybridized carbons (Fsp3) is 0.455. The monoisotopic (exact) mass is 199 g/mol. The molecule has 0 aliphatic rings. The van der Waals surface area contributed by atoms with Crippen LogP contribution in [0.1, 0.15) is 30.9 Å². The van der Waals surface area contributed by atoms with Crippen molar-refractivity contribution in [3.05, 3.63) is 35.4 Å². The Bertz CT molecular complexity index is 246. The van der Waals surface area contributed by atoms with Gasteiger partial charge in [-0.2, -0.15) is 0 Å². The molecule has 0 aromatic heterocycles. The van der Waals surface area contributed by atoms with Crippen molar-refractivity contribution in [2.24, 2.45) is 5.73 Å². The third kappa shape index (κ3) is 3.79. The Kier molecular flexibility index (Phi) is 5.76. The van der Waals surface area contributed by atoms with Gasteiger partial charge in [-0.05, 0) is 30.0 Å². The molecule has 13 heavy (non-hydrogen) atoms. The molecule has 1 rings (SSSR count). The van der Waals surface area contributed by atoms with Gasteiger partial charge in [-0.15, -0.1) is 12.4 Å². The van der Waals surface area contributed by atoms with Crippen LogP contribution in [0.3, 0.4) is 0 Å². The van der Waals surface area contributed by atoms with E-state index in [2.05, 4.69) is 38.1 Å². The molecular weight excluding hydrogens is 182 g/mol. The van der Waals surface area contributed by atoms with Crippen molar-refractivity contribution in [3.8, 4) is 0 Å².